The fourth-order valence-electron chi connectivity index (χ4n) is 3.09. The van der Waals surface area contributed by atoms with E-state index < -0.39 is 35.1 Å². The number of nitrogens with zero attached hydrogens (tertiary/aromatic N) is 1. The number of anilines is 1. The van der Waals surface area contributed by atoms with Crippen LogP contribution in [-0.2, 0) is 9.59 Å². The summed E-state index contributed by atoms with van der Waals surface area (Å²) < 4.78 is 19.1. The van der Waals surface area contributed by atoms with Gasteiger partial charge in [-0.3, -0.25) is 19.3 Å². The number of hydrogen-bond acceptors (Lipinski definition) is 5. The second-order valence-electron chi connectivity index (χ2n) is 8.04. The number of carbonyl (C=O) groups excluding carboxylic acids is 3. The summed E-state index contributed by atoms with van der Waals surface area (Å²) >= 11 is 1.25. The first kappa shape index (κ1) is 24.2. The Morgan fingerprint density at radius 1 is 1.12 bits per heavy atom. The van der Waals surface area contributed by atoms with Crippen molar-refractivity contribution in [3.63, 3.8) is 0 Å². The molecule has 0 spiro atoms. The summed E-state index contributed by atoms with van der Waals surface area (Å²) in [4.78, 5) is 40.8. The Balaban J connectivity index is 1.96. The Hall–Kier alpha value is -3.46. The number of rotatable bonds is 9. The van der Waals surface area contributed by atoms with E-state index in [2.05, 4.69) is 10.6 Å². The fourth-order valence-corrected chi connectivity index (χ4v) is 3.73. The molecule has 1 atom stereocenters. The molecule has 0 bridgehead atoms. The molecular formula is C24H26FN3O4S. The van der Waals surface area contributed by atoms with E-state index in [1.54, 1.807) is 29.6 Å². The third-order valence-corrected chi connectivity index (χ3v) is 6.05. The van der Waals surface area contributed by atoms with Gasteiger partial charge in [-0.2, -0.15) is 0 Å². The van der Waals surface area contributed by atoms with Crippen LogP contribution in [0.2, 0.25) is 0 Å². The zero-order chi connectivity index (χ0) is 24.0. The lowest BCUT2D eigenvalue weighted by Crippen LogP contribution is -2.52. The minimum Gasteiger partial charge on any atom is -0.467 e. The molecule has 0 radical (unpaired) electrons. The van der Waals surface area contributed by atoms with E-state index in [4.69, 9.17) is 4.42 Å². The lowest BCUT2D eigenvalue weighted by Gasteiger charge is -2.33. The van der Waals surface area contributed by atoms with Gasteiger partial charge in [0.25, 0.3) is 11.8 Å². The molecule has 0 saturated heterocycles. The van der Waals surface area contributed by atoms with Gasteiger partial charge in [0.15, 0.2) is 6.04 Å². The van der Waals surface area contributed by atoms with Gasteiger partial charge in [0.2, 0.25) is 5.91 Å². The molecule has 0 fully saturated rings. The summed E-state index contributed by atoms with van der Waals surface area (Å²) in [7, 11) is 0. The molecule has 9 heteroatoms. The first-order valence-corrected chi connectivity index (χ1v) is 11.3. The predicted octanol–water partition coefficient (Wildman–Crippen LogP) is 4.29. The highest BCUT2D eigenvalue weighted by molar-refractivity contribution is 7.12. The summed E-state index contributed by atoms with van der Waals surface area (Å²) in [5, 5.41) is 7.29. The van der Waals surface area contributed by atoms with E-state index in [9.17, 15) is 18.8 Å². The van der Waals surface area contributed by atoms with Crippen LogP contribution in [0.15, 0.2) is 64.6 Å². The van der Waals surface area contributed by atoms with Crippen LogP contribution in [0.1, 0.15) is 48.7 Å². The molecule has 3 rings (SSSR count). The number of hydrogen-bond donors (Lipinski definition) is 2. The van der Waals surface area contributed by atoms with E-state index in [-0.39, 0.29) is 18.0 Å². The Labute approximate surface area is 195 Å². The van der Waals surface area contributed by atoms with Gasteiger partial charge in [-0.15, -0.1) is 11.3 Å². The average Bonchev–Trinajstić information content (AvgIpc) is 3.50. The number of thiophene rings is 1. The second-order valence-corrected chi connectivity index (χ2v) is 8.99. The maximum Gasteiger partial charge on any atom is 0.261 e. The maximum atomic E-state index is 13.6. The van der Waals surface area contributed by atoms with Crippen molar-refractivity contribution in [2.75, 3.05) is 11.4 Å². The largest absolute Gasteiger partial charge is 0.467 e. The van der Waals surface area contributed by atoms with Gasteiger partial charge in [-0.25, -0.2) is 4.39 Å². The third-order valence-electron chi connectivity index (χ3n) is 5.18. The van der Waals surface area contributed by atoms with Crippen molar-refractivity contribution < 1.29 is 23.2 Å². The van der Waals surface area contributed by atoms with Crippen molar-refractivity contribution in [2.45, 2.75) is 38.8 Å². The molecular weight excluding hydrogens is 445 g/mol. The summed E-state index contributed by atoms with van der Waals surface area (Å²) in [6, 6.07) is 10.6. The molecule has 2 aromatic heterocycles. The number of nitrogens with one attached hydrogen (secondary N) is 2. The van der Waals surface area contributed by atoms with E-state index in [0.717, 1.165) is 0 Å². The summed E-state index contributed by atoms with van der Waals surface area (Å²) in [5.41, 5.74) is -0.245. The fraction of sp³-hybridized carbons (Fsp3) is 0.292. The molecule has 0 aliphatic heterocycles. The number of amides is 3. The molecule has 2 heterocycles. The Bertz CT molecular complexity index is 1080. The van der Waals surface area contributed by atoms with Crippen LogP contribution in [0.3, 0.4) is 0 Å². The van der Waals surface area contributed by atoms with E-state index in [1.807, 2.05) is 20.8 Å². The molecule has 1 aromatic carbocycles. The van der Waals surface area contributed by atoms with Crippen LogP contribution in [-0.4, -0.2) is 29.8 Å². The van der Waals surface area contributed by atoms with Crippen molar-refractivity contribution in [1.29, 1.82) is 0 Å². The maximum absolute atomic E-state index is 13.6. The van der Waals surface area contributed by atoms with Crippen molar-refractivity contribution in [3.8, 4) is 0 Å². The number of furan rings is 1. The number of halogens is 1. The molecule has 0 aliphatic rings. The first-order chi connectivity index (χ1) is 15.7. The van der Waals surface area contributed by atoms with E-state index in [0.29, 0.717) is 11.3 Å². The van der Waals surface area contributed by atoms with Crippen LogP contribution in [0.5, 0.6) is 0 Å². The smallest absolute Gasteiger partial charge is 0.261 e. The summed E-state index contributed by atoms with van der Waals surface area (Å²) in [6.07, 6.45) is 2.07. The molecule has 0 saturated carbocycles. The SMILES string of the molecule is CCC(C)(C)NC(=O)[C@H](c1ccco1)N(C(=O)CNC(=O)c1cccs1)c1ccc(F)cc1. The molecule has 174 valence electrons. The van der Waals surface area contributed by atoms with Crippen LogP contribution in [0.4, 0.5) is 10.1 Å². The minimum absolute atomic E-state index is 0.238. The molecule has 2 N–H and O–H groups in total. The predicted molar refractivity (Wildman–Crippen MR) is 124 cm³/mol. The van der Waals surface area contributed by atoms with Gasteiger partial charge in [0, 0.05) is 11.2 Å². The van der Waals surface area contributed by atoms with Gasteiger partial charge in [-0.1, -0.05) is 13.0 Å². The normalized spacial score (nSPS) is 12.1. The van der Waals surface area contributed by atoms with Gasteiger partial charge in [0.05, 0.1) is 17.7 Å². The topological polar surface area (TPSA) is 91.7 Å². The monoisotopic (exact) mass is 471 g/mol. The van der Waals surface area contributed by atoms with Crippen LogP contribution in [0, 0.1) is 5.82 Å². The van der Waals surface area contributed by atoms with Crippen molar-refractivity contribution in [2.24, 2.45) is 0 Å². The zero-order valence-electron chi connectivity index (χ0n) is 18.6. The Morgan fingerprint density at radius 2 is 1.85 bits per heavy atom. The van der Waals surface area contributed by atoms with Crippen LogP contribution in [0.25, 0.3) is 0 Å². The highest BCUT2D eigenvalue weighted by Crippen LogP contribution is 2.29. The first-order valence-electron chi connectivity index (χ1n) is 10.5. The Kier molecular flexibility index (Phi) is 7.65. The standard InChI is InChI=1S/C24H26FN3O4S/c1-4-24(2,3)27-23(31)21(18-7-5-13-32-18)28(17-11-9-16(25)10-12-17)20(29)15-26-22(30)19-8-6-14-33-19/h5-14,21H,4,15H2,1-3H3,(H,26,30)(H,27,31)/t21-/m0/s1. The number of carbonyl (C=O) groups is 3. The highest BCUT2D eigenvalue weighted by Gasteiger charge is 2.36. The zero-order valence-corrected chi connectivity index (χ0v) is 19.4. The second kappa shape index (κ2) is 10.4. The lowest BCUT2D eigenvalue weighted by atomic mass is 10.0. The van der Waals surface area contributed by atoms with Crippen LogP contribution >= 0.6 is 11.3 Å². The molecule has 0 aliphatic carbocycles. The minimum atomic E-state index is -1.16. The van der Waals surface area contributed by atoms with Gasteiger partial charge < -0.3 is 15.1 Å². The van der Waals surface area contributed by atoms with Gasteiger partial charge in [-0.05, 0) is 68.1 Å². The van der Waals surface area contributed by atoms with Crippen molar-refractivity contribution >= 4 is 34.7 Å². The molecule has 7 nitrogen and oxygen atoms in total. The van der Waals surface area contributed by atoms with Crippen LogP contribution < -0.4 is 15.5 Å². The average molecular weight is 472 g/mol. The molecule has 3 amide bonds. The third kappa shape index (κ3) is 6.07. The summed E-state index contributed by atoms with van der Waals surface area (Å²) in [6.45, 7) is 5.31. The number of benzene rings is 1. The van der Waals surface area contributed by atoms with Gasteiger partial charge >= 0.3 is 0 Å². The highest BCUT2D eigenvalue weighted by atomic mass is 32.1. The quantitative estimate of drug-likeness (QED) is 0.487. The van der Waals surface area contributed by atoms with E-state index >= 15 is 0 Å². The molecule has 3 aromatic rings. The van der Waals surface area contributed by atoms with Crippen molar-refractivity contribution in [3.05, 3.63) is 76.6 Å². The summed E-state index contributed by atoms with van der Waals surface area (Å²) in [5.74, 6) is -1.66. The lowest BCUT2D eigenvalue weighted by molar-refractivity contribution is -0.128. The molecule has 0 unspecified atom stereocenters. The Morgan fingerprint density at radius 3 is 2.42 bits per heavy atom. The van der Waals surface area contributed by atoms with Gasteiger partial charge in [0.1, 0.15) is 11.6 Å². The van der Waals surface area contributed by atoms with E-state index in [1.165, 1.54) is 46.8 Å². The molecule has 33 heavy (non-hydrogen) atoms. The van der Waals surface area contributed by atoms with Crippen molar-refractivity contribution in [1.82, 2.24) is 10.6 Å².